The van der Waals surface area contributed by atoms with E-state index in [-0.39, 0.29) is 6.03 Å². The predicted octanol–water partition coefficient (Wildman–Crippen LogP) is 5.35. The van der Waals surface area contributed by atoms with Crippen molar-refractivity contribution in [3.8, 4) is 0 Å². The zero-order valence-corrected chi connectivity index (χ0v) is 17.2. The summed E-state index contributed by atoms with van der Waals surface area (Å²) in [6, 6.07) is 15.4. The molecule has 28 heavy (non-hydrogen) atoms. The quantitative estimate of drug-likeness (QED) is 0.780. The van der Waals surface area contributed by atoms with Crippen LogP contribution in [0.1, 0.15) is 45.4 Å². The normalized spacial score (nSPS) is 24.2. The molecule has 2 aromatic rings. The minimum absolute atomic E-state index is 0.00120. The summed E-state index contributed by atoms with van der Waals surface area (Å²) in [4.78, 5) is 17.5. The van der Waals surface area contributed by atoms with Crippen LogP contribution < -0.4 is 5.32 Å². The molecule has 0 aromatic heterocycles. The number of rotatable bonds is 3. The van der Waals surface area contributed by atoms with E-state index in [1.165, 1.54) is 25.7 Å². The molecule has 150 valence electrons. The summed E-state index contributed by atoms with van der Waals surface area (Å²) in [5.41, 5.74) is 0.892. The van der Waals surface area contributed by atoms with Crippen molar-refractivity contribution in [1.82, 2.24) is 9.80 Å². The molecule has 2 fully saturated rings. The first kappa shape index (κ1) is 19.3. The fraction of sp³-hybridized carbons (Fsp3) is 0.542. The van der Waals surface area contributed by atoms with Crippen molar-refractivity contribution in [2.75, 3.05) is 25.5 Å². The molecule has 1 aliphatic carbocycles. The fourth-order valence-corrected chi connectivity index (χ4v) is 4.95. The lowest BCUT2D eigenvalue weighted by molar-refractivity contribution is 0.0844. The van der Waals surface area contributed by atoms with Crippen LogP contribution in [-0.4, -0.2) is 48.1 Å². The monoisotopic (exact) mass is 379 g/mol. The first-order chi connectivity index (χ1) is 13.6. The standard InChI is InChI=1S/C24H33N3O/c1-18-10-12-21(13-11-18)27-16-14-20(15-17-27)26(2)24(28)25-23-9-5-7-19-6-3-4-8-22(19)23/h3-9,18,20-21H,10-17H2,1-2H3,(H,25,28). The van der Waals surface area contributed by atoms with Crippen molar-refractivity contribution in [3.63, 3.8) is 0 Å². The van der Waals surface area contributed by atoms with Gasteiger partial charge < -0.3 is 15.1 Å². The maximum Gasteiger partial charge on any atom is 0.321 e. The molecule has 4 heteroatoms. The lowest BCUT2D eigenvalue weighted by Gasteiger charge is -2.42. The van der Waals surface area contributed by atoms with Gasteiger partial charge in [0.1, 0.15) is 0 Å². The van der Waals surface area contributed by atoms with E-state index >= 15 is 0 Å². The number of piperidine rings is 1. The molecule has 2 aromatic carbocycles. The second kappa shape index (κ2) is 8.52. The van der Waals surface area contributed by atoms with Crippen LogP contribution in [0.25, 0.3) is 10.8 Å². The number of fused-ring (bicyclic) bond motifs is 1. The van der Waals surface area contributed by atoms with Crippen molar-refractivity contribution in [2.24, 2.45) is 5.92 Å². The fourth-order valence-electron chi connectivity index (χ4n) is 4.95. The van der Waals surface area contributed by atoms with E-state index in [0.29, 0.717) is 6.04 Å². The summed E-state index contributed by atoms with van der Waals surface area (Å²) in [7, 11) is 1.95. The Bertz CT molecular complexity index is 799. The largest absolute Gasteiger partial charge is 0.325 e. The van der Waals surface area contributed by atoms with Crippen molar-refractivity contribution >= 4 is 22.5 Å². The number of hydrogen-bond donors (Lipinski definition) is 1. The maximum absolute atomic E-state index is 12.9. The molecule has 2 aliphatic rings. The Morgan fingerprint density at radius 2 is 1.64 bits per heavy atom. The molecule has 1 saturated carbocycles. The summed E-state index contributed by atoms with van der Waals surface area (Å²) in [6.07, 6.45) is 7.60. The Labute approximate surface area is 168 Å². The lowest BCUT2D eigenvalue weighted by atomic mass is 9.85. The van der Waals surface area contributed by atoms with Crippen LogP contribution in [0.2, 0.25) is 0 Å². The average Bonchev–Trinajstić information content (AvgIpc) is 2.74. The Balaban J connectivity index is 1.33. The molecule has 1 saturated heterocycles. The third-order valence-corrected chi connectivity index (χ3v) is 6.90. The molecule has 0 spiro atoms. The number of urea groups is 1. The Morgan fingerprint density at radius 3 is 2.39 bits per heavy atom. The van der Waals surface area contributed by atoms with Gasteiger partial charge >= 0.3 is 6.03 Å². The third-order valence-electron chi connectivity index (χ3n) is 6.90. The second-order valence-electron chi connectivity index (χ2n) is 8.75. The van der Waals surface area contributed by atoms with E-state index in [1.807, 2.05) is 36.2 Å². The zero-order valence-electron chi connectivity index (χ0n) is 17.2. The Kier molecular flexibility index (Phi) is 5.86. The third kappa shape index (κ3) is 4.17. The van der Waals surface area contributed by atoms with E-state index in [1.54, 1.807) is 0 Å². The summed E-state index contributed by atoms with van der Waals surface area (Å²) in [6.45, 7) is 4.62. The summed E-state index contributed by atoms with van der Waals surface area (Å²) >= 11 is 0. The molecule has 4 nitrogen and oxygen atoms in total. The molecule has 0 radical (unpaired) electrons. The molecule has 2 amide bonds. The second-order valence-corrected chi connectivity index (χ2v) is 8.75. The molecule has 0 unspecified atom stereocenters. The van der Waals surface area contributed by atoms with Gasteiger partial charge in [0.25, 0.3) is 0 Å². The molecule has 1 heterocycles. The van der Waals surface area contributed by atoms with Gasteiger partial charge in [-0.15, -0.1) is 0 Å². The molecule has 4 rings (SSSR count). The van der Waals surface area contributed by atoms with Gasteiger partial charge in [-0.25, -0.2) is 4.79 Å². The highest BCUT2D eigenvalue weighted by Crippen LogP contribution is 2.30. The molecule has 1 aliphatic heterocycles. The summed E-state index contributed by atoms with van der Waals surface area (Å²) in [5.74, 6) is 0.901. The van der Waals surface area contributed by atoms with Gasteiger partial charge in [-0.05, 0) is 55.9 Å². The van der Waals surface area contributed by atoms with Crippen molar-refractivity contribution in [3.05, 3.63) is 42.5 Å². The summed E-state index contributed by atoms with van der Waals surface area (Å²) < 4.78 is 0. The van der Waals surface area contributed by atoms with Gasteiger partial charge in [0, 0.05) is 37.6 Å². The average molecular weight is 380 g/mol. The van der Waals surface area contributed by atoms with Gasteiger partial charge in [0.2, 0.25) is 0 Å². The SMILES string of the molecule is CC1CCC(N2CCC(N(C)C(=O)Nc3cccc4ccccc34)CC2)CC1. The number of likely N-dealkylation sites (tertiary alicyclic amines) is 1. The number of nitrogens with one attached hydrogen (secondary N) is 1. The molecular weight excluding hydrogens is 346 g/mol. The van der Waals surface area contributed by atoms with Crippen LogP contribution in [0, 0.1) is 5.92 Å². The van der Waals surface area contributed by atoms with Gasteiger partial charge in [0.15, 0.2) is 0 Å². The number of nitrogens with zero attached hydrogens (tertiary/aromatic N) is 2. The highest BCUT2D eigenvalue weighted by Gasteiger charge is 2.30. The first-order valence-electron chi connectivity index (χ1n) is 10.9. The van der Waals surface area contributed by atoms with E-state index in [0.717, 1.165) is 54.4 Å². The Morgan fingerprint density at radius 1 is 0.964 bits per heavy atom. The summed E-state index contributed by atoms with van der Waals surface area (Å²) in [5, 5.41) is 5.38. The maximum atomic E-state index is 12.9. The zero-order chi connectivity index (χ0) is 19.5. The van der Waals surface area contributed by atoms with Crippen LogP contribution in [0.3, 0.4) is 0 Å². The van der Waals surface area contributed by atoms with E-state index in [2.05, 4.69) is 35.3 Å². The lowest BCUT2D eigenvalue weighted by Crippen LogP contribution is -2.50. The van der Waals surface area contributed by atoms with Gasteiger partial charge in [-0.2, -0.15) is 0 Å². The van der Waals surface area contributed by atoms with Crippen molar-refractivity contribution < 1.29 is 4.79 Å². The number of hydrogen-bond acceptors (Lipinski definition) is 2. The molecule has 0 bridgehead atoms. The number of carbonyl (C=O) groups excluding carboxylic acids is 1. The highest BCUT2D eigenvalue weighted by molar-refractivity contribution is 6.01. The van der Waals surface area contributed by atoms with Crippen LogP contribution >= 0.6 is 0 Å². The van der Waals surface area contributed by atoms with Crippen LogP contribution in [-0.2, 0) is 0 Å². The van der Waals surface area contributed by atoms with Crippen molar-refractivity contribution in [1.29, 1.82) is 0 Å². The topological polar surface area (TPSA) is 35.6 Å². The smallest absolute Gasteiger partial charge is 0.321 e. The van der Waals surface area contributed by atoms with E-state index in [9.17, 15) is 4.79 Å². The Hall–Kier alpha value is -2.07. The highest BCUT2D eigenvalue weighted by atomic mass is 16.2. The van der Waals surface area contributed by atoms with Gasteiger partial charge in [-0.3, -0.25) is 0 Å². The van der Waals surface area contributed by atoms with E-state index in [4.69, 9.17) is 0 Å². The van der Waals surface area contributed by atoms with Crippen molar-refractivity contribution in [2.45, 2.75) is 57.5 Å². The molecule has 0 atom stereocenters. The molecule has 1 N–H and O–H groups in total. The number of anilines is 1. The van der Waals surface area contributed by atoms with E-state index < -0.39 is 0 Å². The molecular formula is C24H33N3O. The minimum Gasteiger partial charge on any atom is -0.325 e. The minimum atomic E-state index is 0.00120. The van der Waals surface area contributed by atoms with Gasteiger partial charge in [-0.1, -0.05) is 43.3 Å². The van der Waals surface area contributed by atoms with Crippen LogP contribution in [0.5, 0.6) is 0 Å². The number of carbonyl (C=O) groups is 1. The number of amides is 2. The van der Waals surface area contributed by atoms with Gasteiger partial charge in [0.05, 0.1) is 5.69 Å². The first-order valence-corrected chi connectivity index (χ1v) is 10.9. The number of benzene rings is 2. The van der Waals surface area contributed by atoms with Crippen LogP contribution in [0.15, 0.2) is 42.5 Å². The predicted molar refractivity (Wildman–Crippen MR) is 117 cm³/mol. The van der Waals surface area contributed by atoms with Crippen LogP contribution in [0.4, 0.5) is 10.5 Å².